The van der Waals surface area contributed by atoms with Gasteiger partial charge >= 0.3 is 18.1 Å². The maximum atomic E-state index is 13.1. The molecule has 4 amide bonds. The number of alkyl halides is 3. The summed E-state index contributed by atoms with van der Waals surface area (Å²) >= 11 is 0. The van der Waals surface area contributed by atoms with Gasteiger partial charge in [-0.05, 0) is 25.0 Å². The minimum Gasteiger partial charge on any atom is -0.383 e. The molecule has 10 nitrogen and oxygen atoms in total. The molecular weight excluding hydrogens is 471 g/mol. The number of carbonyl (C=O) groups is 3. The van der Waals surface area contributed by atoms with Crippen molar-refractivity contribution in [3.05, 3.63) is 35.4 Å². The van der Waals surface area contributed by atoms with Gasteiger partial charge in [-0.1, -0.05) is 12.1 Å². The minimum absolute atomic E-state index is 0.0658. The number of fused-ring (bicyclic) bond motifs is 2. The molecule has 3 aliphatic heterocycles. The van der Waals surface area contributed by atoms with E-state index in [4.69, 9.17) is 15.2 Å². The van der Waals surface area contributed by atoms with Gasteiger partial charge in [-0.25, -0.2) is 4.79 Å². The zero-order valence-corrected chi connectivity index (χ0v) is 18.8. The Labute approximate surface area is 199 Å². The molecule has 0 spiro atoms. The van der Waals surface area contributed by atoms with E-state index in [0.717, 1.165) is 12.8 Å². The lowest BCUT2D eigenvalue weighted by Gasteiger charge is -2.41. The van der Waals surface area contributed by atoms with Crippen molar-refractivity contribution in [2.45, 2.75) is 37.3 Å². The smallest absolute Gasteiger partial charge is 0.383 e. The van der Waals surface area contributed by atoms with Gasteiger partial charge in [-0.3, -0.25) is 9.59 Å². The van der Waals surface area contributed by atoms with Crippen LogP contribution in [0.2, 0.25) is 0 Å². The molecule has 0 aliphatic carbocycles. The Morgan fingerprint density at radius 3 is 2.34 bits per heavy atom. The summed E-state index contributed by atoms with van der Waals surface area (Å²) in [5.41, 5.74) is 5.76. The van der Waals surface area contributed by atoms with Crippen LogP contribution in [0.5, 0.6) is 0 Å². The fourth-order valence-corrected chi connectivity index (χ4v) is 4.37. The number of nitrogens with one attached hydrogen (secondary N) is 1. The number of hydrogen-bond acceptors (Lipinski definition) is 5. The monoisotopic (exact) mass is 497 g/mol. The van der Waals surface area contributed by atoms with E-state index >= 15 is 0 Å². The van der Waals surface area contributed by atoms with E-state index in [1.165, 1.54) is 24.3 Å². The molecular formula is C22H26F3N5O5. The van der Waals surface area contributed by atoms with Crippen LogP contribution in [0.3, 0.4) is 0 Å². The molecule has 1 aromatic rings. The van der Waals surface area contributed by atoms with Crippen LogP contribution in [0.4, 0.5) is 18.0 Å². The Bertz CT molecular complexity index is 988. The molecule has 3 saturated heterocycles. The number of amidine groups is 1. The Hall–Kier alpha value is -3.19. The maximum Gasteiger partial charge on any atom is 0.473 e. The number of amides is 4. The molecule has 3 fully saturated rings. The van der Waals surface area contributed by atoms with E-state index in [0.29, 0.717) is 26.2 Å². The highest BCUT2D eigenvalue weighted by Gasteiger charge is 2.40. The predicted octanol–water partition coefficient (Wildman–Crippen LogP) is 0.895. The van der Waals surface area contributed by atoms with Crippen molar-refractivity contribution >= 4 is 23.7 Å². The van der Waals surface area contributed by atoms with Gasteiger partial charge in [-0.2, -0.15) is 18.2 Å². The number of nitrogens with two attached hydrogens (primary N) is 1. The lowest BCUT2D eigenvalue weighted by atomic mass is 10.1. The molecule has 2 bridgehead atoms. The summed E-state index contributed by atoms with van der Waals surface area (Å²) in [6.07, 6.45) is -3.07. The lowest BCUT2D eigenvalue weighted by Crippen LogP contribution is -2.59. The van der Waals surface area contributed by atoms with Gasteiger partial charge < -0.3 is 30.3 Å². The van der Waals surface area contributed by atoms with Crippen molar-refractivity contribution in [2.24, 2.45) is 10.7 Å². The van der Waals surface area contributed by atoms with E-state index in [-0.39, 0.29) is 48.6 Å². The number of nitrogens with zero attached hydrogens (tertiary/aromatic N) is 3. The molecule has 3 aliphatic rings. The Morgan fingerprint density at radius 1 is 1.09 bits per heavy atom. The van der Waals surface area contributed by atoms with Gasteiger partial charge in [0.25, 0.3) is 5.91 Å². The van der Waals surface area contributed by atoms with Crippen molar-refractivity contribution < 1.29 is 37.0 Å². The van der Waals surface area contributed by atoms with Crippen molar-refractivity contribution in [1.29, 1.82) is 0 Å². The van der Waals surface area contributed by atoms with E-state index in [9.17, 15) is 27.6 Å². The van der Waals surface area contributed by atoms with Gasteiger partial charge in [0.05, 0.1) is 31.5 Å². The highest BCUT2D eigenvalue weighted by atomic mass is 19.4. The summed E-state index contributed by atoms with van der Waals surface area (Å²) in [5.74, 6) is -3.36. The third-order valence-electron chi connectivity index (χ3n) is 6.19. The second-order valence-electron chi connectivity index (χ2n) is 8.65. The number of rotatable bonds is 4. The van der Waals surface area contributed by atoms with Crippen LogP contribution in [0.1, 0.15) is 28.8 Å². The maximum absolute atomic E-state index is 13.1. The summed E-state index contributed by atoms with van der Waals surface area (Å²) in [7, 11) is 0. The molecule has 0 saturated carbocycles. The van der Waals surface area contributed by atoms with Crippen LogP contribution >= 0.6 is 0 Å². The lowest BCUT2D eigenvalue weighted by molar-refractivity contribution is -0.169. The van der Waals surface area contributed by atoms with Gasteiger partial charge in [0, 0.05) is 37.3 Å². The fraction of sp³-hybridized carbons (Fsp3) is 0.545. The molecule has 3 atom stereocenters. The Morgan fingerprint density at radius 2 is 1.71 bits per heavy atom. The Balaban J connectivity index is 1.34. The highest BCUT2D eigenvalue weighted by molar-refractivity contribution is 6.05. The summed E-state index contributed by atoms with van der Waals surface area (Å²) in [6, 6.07) is 4.85. The first-order valence-corrected chi connectivity index (χ1v) is 11.2. The molecule has 35 heavy (non-hydrogen) atoms. The standard InChI is InChI=1S/C22H26F3N5O5/c23-22(24,25)20(32)28-18(26)13-1-3-14(4-2-13)19(31)27-9-15-12-34-8-7-30(15)21(33)29-10-16-5-6-17(11-29)35-16/h1-4,15-17H,5-12H2,(H,27,31)(H2,26,28,32). The second kappa shape index (κ2) is 10.2. The zero-order valence-electron chi connectivity index (χ0n) is 18.8. The molecule has 3 unspecified atom stereocenters. The van der Waals surface area contributed by atoms with Crippen molar-refractivity contribution in [3.8, 4) is 0 Å². The van der Waals surface area contributed by atoms with E-state index in [1.54, 1.807) is 9.80 Å². The number of morpholine rings is 2. The average molecular weight is 497 g/mol. The van der Waals surface area contributed by atoms with Crippen molar-refractivity contribution in [1.82, 2.24) is 15.1 Å². The average Bonchev–Trinajstić information content (AvgIpc) is 3.18. The second-order valence-corrected chi connectivity index (χ2v) is 8.65. The zero-order chi connectivity index (χ0) is 25.2. The normalized spacial score (nSPS) is 24.9. The van der Waals surface area contributed by atoms with Crippen LogP contribution in [0.25, 0.3) is 0 Å². The topological polar surface area (TPSA) is 127 Å². The first kappa shape index (κ1) is 24.9. The SMILES string of the molecule is NC(=NC(=O)C(F)(F)F)c1ccc(C(=O)NCC2COCCN2C(=O)N2CC3CCC(C2)O3)cc1. The predicted molar refractivity (Wildman–Crippen MR) is 117 cm³/mol. The van der Waals surface area contributed by atoms with Gasteiger partial charge in [0.2, 0.25) is 0 Å². The van der Waals surface area contributed by atoms with Crippen LogP contribution in [0, 0.1) is 0 Å². The minimum atomic E-state index is -5.12. The number of likely N-dealkylation sites (tertiary alicyclic amines) is 1. The van der Waals surface area contributed by atoms with E-state index < -0.39 is 23.8 Å². The van der Waals surface area contributed by atoms with E-state index in [1.807, 2.05) is 0 Å². The summed E-state index contributed by atoms with van der Waals surface area (Å²) in [6.45, 7) is 2.37. The molecule has 0 aromatic heterocycles. The number of hydrogen-bond donors (Lipinski definition) is 2. The third kappa shape index (κ3) is 5.90. The Kier molecular flexibility index (Phi) is 7.26. The quantitative estimate of drug-likeness (QED) is 0.470. The van der Waals surface area contributed by atoms with Crippen LogP contribution in [-0.2, 0) is 14.3 Å². The van der Waals surface area contributed by atoms with E-state index in [2.05, 4.69) is 10.3 Å². The molecule has 3 heterocycles. The van der Waals surface area contributed by atoms with Crippen LogP contribution < -0.4 is 11.1 Å². The molecule has 13 heteroatoms. The molecule has 1 aromatic carbocycles. The van der Waals surface area contributed by atoms with Crippen molar-refractivity contribution in [3.63, 3.8) is 0 Å². The number of ether oxygens (including phenoxy) is 2. The molecule has 3 N–H and O–H groups in total. The summed E-state index contributed by atoms with van der Waals surface area (Å²) < 4.78 is 48.4. The summed E-state index contributed by atoms with van der Waals surface area (Å²) in [5, 5.41) is 2.77. The number of carbonyl (C=O) groups excluding carboxylic acids is 3. The molecule has 0 radical (unpaired) electrons. The van der Waals surface area contributed by atoms with Crippen molar-refractivity contribution in [2.75, 3.05) is 39.4 Å². The van der Waals surface area contributed by atoms with Gasteiger partial charge in [-0.15, -0.1) is 0 Å². The van der Waals surface area contributed by atoms with Gasteiger partial charge in [0.15, 0.2) is 0 Å². The highest BCUT2D eigenvalue weighted by Crippen LogP contribution is 2.27. The number of urea groups is 1. The first-order chi connectivity index (χ1) is 16.6. The third-order valence-corrected chi connectivity index (χ3v) is 6.19. The first-order valence-electron chi connectivity index (χ1n) is 11.2. The van der Waals surface area contributed by atoms with Crippen LogP contribution in [0.15, 0.2) is 29.3 Å². The molecule has 190 valence electrons. The summed E-state index contributed by atoms with van der Waals surface area (Å²) in [4.78, 5) is 43.1. The number of aliphatic imine (C=N–C) groups is 1. The number of benzene rings is 1. The number of halogens is 3. The van der Waals surface area contributed by atoms with Crippen LogP contribution in [-0.4, -0.2) is 97.3 Å². The fourth-order valence-electron chi connectivity index (χ4n) is 4.37. The largest absolute Gasteiger partial charge is 0.473 e. The van der Waals surface area contributed by atoms with Gasteiger partial charge in [0.1, 0.15) is 5.84 Å². The molecule has 4 rings (SSSR count).